The molecule has 0 bridgehead atoms. The van der Waals surface area contributed by atoms with Crippen LogP contribution in [0.5, 0.6) is 0 Å². The van der Waals surface area contributed by atoms with E-state index in [1.807, 2.05) is 0 Å². The van der Waals surface area contributed by atoms with Gasteiger partial charge in [0, 0.05) is 12.6 Å². The molecule has 3 nitrogen and oxygen atoms in total. The van der Waals surface area contributed by atoms with E-state index in [1.54, 1.807) is 0 Å². The highest BCUT2D eigenvalue weighted by Gasteiger charge is 2.32. The molecule has 3 heteroatoms. The van der Waals surface area contributed by atoms with E-state index in [2.05, 4.69) is 17.1 Å². The van der Waals surface area contributed by atoms with E-state index < -0.39 is 0 Å². The van der Waals surface area contributed by atoms with Gasteiger partial charge in [-0.15, -0.1) is 0 Å². The lowest BCUT2D eigenvalue weighted by atomic mass is 10.0. The molecule has 2 rings (SSSR count). The highest BCUT2D eigenvalue weighted by molar-refractivity contribution is 5.82. The van der Waals surface area contributed by atoms with Gasteiger partial charge in [0.1, 0.15) is 0 Å². The third kappa shape index (κ3) is 2.33. The molecule has 2 fully saturated rings. The van der Waals surface area contributed by atoms with Crippen molar-refractivity contribution in [3.8, 4) is 0 Å². The number of rotatable bonds is 2. The number of likely N-dealkylation sites (tertiary alicyclic amines) is 1. The van der Waals surface area contributed by atoms with Crippen LogP contribution < -0.4 is 5.32 Å². The summed E-state index contributed by atoms with van der Waals surface area (Å²) in [4.78, 5) is 14.3. The van der Waals surface area contributed by atoms with Crippen LogP contribution in [-0.2, 0) is 4.79 Å². The minimum atomic E-state index is 0.117. The average molecular weight is 210 g/mol. The molecule has 1 unspecified atom stereocenters. The molecule has 0 aromatic rings. The first-order valence-electron chi connectivity index (χ1n) is 6.36. The monoisotopic (exact) mass is 210 g/mol. The molecule has 2 saturated heterocycles. The summed E-state index contributed by atoms with van der Waals surface area (Å²) in [7, 11) is 0. The third-order valence-electron chi connectivity index (χ3n) is 3.74. The first-order chi connectivity index (χ1) is 7.33. The standard InChI is InChI=1S/C12H22N2O/c1-2-10-6-5-9-14(10)12(15)11-7-3-4-8-13-11/h10-11,13H,2-9H2,1H3/t10?,11-/m1/s1. The predicted molar refractivity (Wildman–Crippen MR) is 60.7 cm³/mol. The zero-order valence-electron chi connectivity index (χ0n) is 9.67. The Hall–Kier alpha value is -0.570. The van der Waals surface area contributed by atoms with Crippen LogP contribution in [0.25, 0.3) is 0 Å². The maximum absolute atomic E-state index is 12.2. The van der Waals surface area contributed by atoms with Gasteiger partial charge in [0.2, 0.25) is 5.91 Å². The first kappa shape index (κ1) is 10.9. The van der Waals surface area contributed by atoms with Gasteiger partial charge < -0.3 is 10.2 Å². The van der Waals surface area contributed by atoms with Crippen molar-refractivity contribution in [1.82, 2.24) is 10.2 Å². The molecule has 0 aliphatic carbocycles. The molecule has 2 atom stereocenters. The lowest BCUT2D eigenvalue weighted by molar-refractivity contribution is -0.134. The highest BCUT2D eigenvalue weighted by atomic mass is 16.2. The van der Waals surface area contributed by atoms with Crippen molar-refractivity contribution < 1.29 is 4.79 Å². The maximum atomic E-state index is 12.2. The largest absolute Gasteiger partial charge is 0.338 e. The number of amides is 1. The van der Waals surface area contributed by atoms with Crippen LogP contribution in [-0.4, -0.2) is 36.0 Å². The van der Waals surface area contributed by atoms with Crippen molar-refractivity contribution in [2.75, 3.05) is 13.1 Å². The van der Waals surface area contributed by atoms with Gasteiger partial charge in [-0.3, -0.25) is 4.79 Å². The first-order valence-corrected chi connectivity index (χ1v) is 6.36. The minimum Gasteiger partial charge on any atom is -0.338 e. The number of hydrogen-bond donors (Lipinski definition) is 1. The second-order valence-corrected chi connectivity index (χ2v) is 4.74. The molecule has 0 aromatic carbocycles. The molecule has 1 N–H and O–H groups in total. The van der Waals surface area contributed by atoms with E-state index in [0.29, 0.717) is 11.9 Å². The number of nitrogens with zero attached hydrogens (tertiary/aromatic N) is 1. The molecule has 15 heavy (non-hydrogen) atoms. The molecule has 2 aliphatic heterocycles. The fourth-order valence-electron chi connectivity index (χ4n) is 2.81. The molecule has 86 valence electrons. The van der Waals surface area contributed by atoms with Crippen LogP contribution in [0.15, 0.2) is 0 Å². The summed E-state index contributed by atoms with van der Waals surface area (Å²) < 4.78 is 0. The van der Waals surface area contributed by atoms with Crippen LogP contribution >= 0.6 is 0 Å². The van der Waals surface area contributed by atoms with Crippen molar-refractivity contribution in [2.45, 2.75) is 57.5 Å². The average Bonchev–Trinajstić information content (AvgIpc) is 2.77. The predicted octanol–water partition coefficient (Wildman–Crippen LogP) is 1.53. The second kappa shape index (κ2) is 4.97. The van der Waals surface area contributed by atoms with Crippen molar-refractivity contribution in [2.24, 2.45) is 0 Å². The zero-order chi connectivity index (χ0) is 10.7. The molecule has 0 radical (unpaired) electrons. The molecular weight excluding hydrogens is 188 g/mol. The summed E-state index contributed by atoms with van der Waals surface area (Å²) in [6, 6.07) is 0.632. The van der Waals surface area contributed by atoms with Crippen molar-refractivity contribution in [3.05, 3.63) is 0 Å². The Morgan fingerprint density at radius 1 is 1.33 bits per heavy atom. The summed E-state index contributed by atoms with van der Waals surface area (Å²) in [6.45, 7) is 4.18. The van der Waals surface area contributed by atoms with E-state index in [4.69, 9.17) is 0 Å². The number of piperidine rings is 1. The van der Waals surface area contributed by atoms with Crippen LogP contribution in [0, 0.1) is 0 Å². The molecule has 0 spiro atoms. The number of nitrogens with one attached hydrogen (secondary N) is 1. The van der Waals surface area contributed by atoms with Crippen molar-refractivity contribution in [1.29, 1.82) is 0 Å². The molecule has 0 aromatic heterocycles. The zero-order valence-corrected chi connectivity index (χ0v) is 9.67. The SMILES string of the molecule is CCC1CCCN1C(=O)[C@H]1CCCCN1. The van der Waals surface area contributed by atoms with Gasteiger partial charge in [-0.1, -0.05) is 13.3 Å². The molecular formula is C12H22N2O. The van der Waals surface area contributed by atoms with Gasteiger partial charge in [0.15, 0.2) is 0 Å². The Kier molecular flexibility index (Phi) is 3.62. The lowest BCUT2D eigenvalue weighted by Crippen LogP contribution is -2.49. The van der Waals surface area contributed by atoms with Crippen LogP contribution in [0.4, 0.5) is 0 Å². The Morgan fingerprint density at radius 3 is 2.87 bits per heavy atom. The summed E-state index contributed by atoms with van der Waals surface area (Å²) in [5, 5.41) is 3.35. The Labute approximate surface area is 92.2 Å². The van der Waals surface area contributed by atoms with Crippen molar-refractivity contribution >= 4 is 5.91 Å². The second-order valence-electron chi connectivity index (χ2n) is 4.74. The van der Waals surface area contributed by atoms with Crippen LogP contribution in [0.3, 0.4) is 0 Å². The number of hydrogen-bond acceptors (Lipinski definition) is 2. The smallest absolute Gasteiger partial charge is 0.239 e. The highest BCUT2D eigenvalue weighted by Crippen LogP contribution is 2.22. The summed E-state index contributed by atoms with van der Waals surface area (Å²) in [5.74, 6) is 0.360. The van der Waals surface area contributed by atoms with E-state index in [0.717, 1.165) is 25.9 Å². The normalized spacial score (nSPS) is 31.9. The van der Waals surface area contributed by atoms with E-state index in [-0.39, 0.29) is 6.04 Å². The topological polar surface area (TPSA) is 32.3 Å². The van der Waals surface area contributed by atoms with Crippen LogP contribution in [0.2, 0.25) is 0 Å². The van der Waals surface area contributed by atoms with Gasteiger partial charge in [-0.25, -0.2) is 0 Å². The molecule has 2 heterocycles. The molecule has 2 aliphatic rings. The fraction of sp³-hybridized carbons (Fsp3) is 0.917. The van der Waals surface area contributed by atoms with E-state index in [1.165, 1.54) is 25.7 Å². The van der Waals surface area contributed by atoms with Gasteiger partial charge in [0.25, 0.3) is 0 Å². The minimum absolute atomic E-state index is 0.117. The maximum Gasteiger partial charge on any atom is 0.239 e. The lowest BCUT2D eigenvalue weighted by Gasteiger charge is -2.30. The number of carbonyl (C=O) groups is 1. The summed E-state index contributed by atoms with van der Waals surface area (Å²) >= 11 is 0. The summed E-state index contributed by atoms with van der Waals surface area (Å²) in [6.07, 6.45) is 6.96. The Bertz CT molecular complexity index is 224. The molecule has 0 saturated carbocycles. The summed E-state index contributed by atoms with van der Waals surface area (Å²) in [5.41, 5.74) is 0. The van der Waals surface area contributed by atoms with Crippen LogP contribution in [0.1, 0.15) is 45.4 Å². The Morgan fingerprint density at radius 2 is 2.20 bits per heavy atom. The van der Waals surface area contributed by atoms with E-state index >= 15 is 0 Å². The van der Waals surface area contributed by atoms with Gasteiger partial charge in [-0.05, 0) is 38.6 Å². The van der Waals surface area contributed by atoms with Crippen molar-refractivity contribution in [3.63, 3.8) is 0 Å². The van der Waals surface area contributed by atoms with Gasteiger partial charge in [-0.2, -0.15) is 0 Å². The third-order valence-corrected chi connectivity index (χ3v) is 3.74. The van der Waals surface area contributed by atoms with E-state index in [9.17, 15) is 4.79 Å². The van der Waals surface area contributed by atoms with Gasteiger partial charge >= 0.3 is 0 Å². The van der Waals surface area contributed by atoms with Gasteiger partial charge in [0.05, 0.1) is 6.04 Å². The fourth-order valence-corrected chi connectivity index (χ4v) is 2.81. The molecule has 1 amide bonds. The quantitative estimate of drug-likeness (QED) is 0.749. The number of carbonyl (C=O) groups excluding carboxylic acids is 1. The Balaban J connectivity index is 1.93.